The summed E-state index contributed by atoms with van der Waals surface area (Å²) in [6.45, 7) is 0. The van der Waals surface area contributed by atoms with E-state index in [1.807, 2.05) is 5.10 Å². The van der Waals surface area contributed by atoms with Crippen LogP contribution in [-0.2, 0) is 9.84 Å². The molecule has 3 N–H and O–H groups in total. The average molecular weight is 215 g/mol. The van der Waals surface area contributed by atoms with Gasteiger partial charge in [0.25, 0.3) is 9.84 Å². The van der Waals surface area contributed by atoms with Gasteiger partial charge in [0.15, 0.2) is 0 Å². The molecule has 0 saturated carbocycles. The minimum absolute atomic E-state index is 0.512. The first-order valence-electron chi connectivity index (χ1n) is 2.87. The smallest absolute Gasteiger partial charge is 0.383 e. The van der Waals surface area contributed by atoms with Gasteiger partial charge in [-0.1, -0.05) is 0 Å². The van der Waals surface area contributed by atoms with Crippen LogP contribution < -0.4 is 5.73 Å². The lowest BCUT2D eigenvalue weighted by molar-refractivity contribution is -0.0435. The zero-order valence-electron chi connectivity index (χ0n) is 5.96. The molecular formula is C4H4F3N3O2S. The Hall–Kier alpha value is -1.25. The first-order chi connectivity index (χ1) is 5.77. The Morgan fingerprint density at radius 1 is 1.46 bits per heavy atom. The molecule has 0 bridgehead atoms. The summed E-state index contributed by atoms with van der Waals surface area (Å²) in [5.74, 6) is -0.627. The van der Waals surface area contributed by atoms with Crippen molar-refractivity contribution in [3.63, 3.8) is 0 Å². The minimum atomic E-state index is -5.38. The first kappa shape index (κ1) is 9.84. The fourth-order valence-corrected chi connectivity index (χ4v) is 1.40. The van der Waals surface area contributed by atoms with Crippen molar-refractivity contribution < 1.29 is 21.6 Å². The molecule has 0 unspecified atom stereocenters. The van der Waals surface area contributed by atoms with Crippen molar-refractivity contribution in [3.8, 4) is 0 Å². The topological polar surface area (TPSA) is 88.8 Å². The van der Waals surface area contributed by atoms with E-state index in [0.717, 1.165) is 0 Å². The highest BCUT2D eigenvalue weighted by Crippen LogP contribution is 2.31. The van der Waals surface area contributed by atoms with E-state index in [0.29, 0.717) is 6.20 Å². The van der Waals surface area contributed by atoms with E-state index in [-0.39, 0.29) is 0 Å². The quantitative estimate of drug-likeness (QED) is 0.704. The van der Waals surface area contributed by atoms with Gasteiger partial charge in [-0.3, -0.25) is 5.10 Å². The molecule has 74 valence electrons. The van der Waals surface area contributed by atoms with E-state index in [4.69, 9.17) is 5.73 Å². The Kier molecular flexibility index (Phi) is 1.98. The fraction of sp³-hybridized carbons (Fsp3) is 0.250. The first-order valence-corrected chi connectivity index (χ1v) is 4.35. The maximum Gasteiger partial charge on any atom is 0.502 e. The standard InChI is InChI=1S/C4H4F3N3O2S/c5-4(6,7)13(11,12)2-1-9-10-3(2)8/h1H,(H3,8,9,10). The molecule has 1 aromatic heterocycles. The van der Waals surface area contributed by atoms with Crippen LogP contribution in [0.2, 0.25) is 0 Å². The fourth-order valence-electron chi connectivity index (χ4n) is 0.624. The highest BCUT2D eigenvalue weighted by molar-refractivity contribution is 7.92. The number of nitrogens with zero attached hydrogens (tertiary/aromatic N) is 1. The molecule has 0 aliphatic carbocycles. The summed E-state index contributed by atoms with van der Waals surface area (Å²) in [4.78, 5) is -1.06. The number of halogens is 3. The number of aromatic nitrogens is 2. The number of nitrogens with two attached hydrogens (primary N) is 1. The molecule has 0 radical (unpaired) electrons. The summed E-state index contributed by atoms with van der Waals surface area (Å²) in [5.41, 5.74) is -0.430. The van der Waals surface area contributed by atoms with Gasteiger partial charge in [0.1, 0.15) is 10.7 Å². The third kappa shape index (κ3) is 1.46. The Morgan fingerprint density at radius 3 is 2.31 bits per heavy atom. The van der Waals surface area contributed by atoms with Gasteiger partial charge in [-0.2, -0.15) is 18.3 Å². The SMILES string of the molecule is Nc1[nH]ncc1S(=O)(=O)C(F)(F)F. The largest absolute Gasteiger partial charge is 0.502 e. The number of nitrogens with one attached hydrogen (secondary N) is 1. The second-order valence-electron chi connectivity index (χ2n) is 2.10. The van der Waals surface area contributed by atoms with Crippen LogP contribution in [0.15, 0.2) is 11.1 Å². The maximum absolute atomic E-state index is 11.9. The van der Waals surface area contributed by atoms with Crippen molar-refractivity contribution in [2.45, 2.75) is 10.4 Å². The van der Waals surface area contributed by atoms with E-state index in [1.165, 1.54) is 0 Å². The van der Waals surface area contributed by atoms with E-state index < -0.39 is 26.1 Å². The lowest BCUT2D eigenvalue weighted by Crippen LogP contribution is -2.23. The Labute approximate surface area is 70.7 Å². The predicted octanol–water partition coefficient (Wildman–Crippen LogP) is 0.285. The Balaban J connectivity index is 3.33. The van der Waals surface area contributed by atoms with Crippen molar-refractivity contribution in [2.75, 3.05) is 5.73 Å². The van der Waals surface area contributed by atoms with Gasteiger partial charge in [-0.25, -0.2) is 8.42 Å². The van der Waals surface area contributed by atoms with Crippen molar-refractivity contribution in [1.82, 2.24) is 10.2 Å². The lowest BCUT2D eigenvalue weighted by atomic mass is 10.7. The molecule has 1 aromatic rings. The number of anilines is 1. The van der Waals surface area contributed by atoms with Gasteiger partial charge >= 0.3 is 5.51 Å². The number of H-pyrrole nitrogens is 1. The molecule has 0 aromatic carbocycles. The summed E-state index contributed by atoms with van der Waals surface area (Å²) >= 11 is 0. The van der Waals surface area contributed by atoms with Crippen LogP contribution in [-0.4, -0.2) is 24.1 Å². The molecule has 5 nitrogen and oxygen atoms in total. The zero-order chi connectivity index (χ0) is 10.3. The molecule has 0 saturated heterocycles. The molecule has 0 aliphatic rings. The molecule has 0 atom stereocenters. The molecule has 0 amide bonds. The van der Waals surface area contributed by atoms with Crippen molar-refractivity contribution >= 4 is 15.7 Å². The Morgan fingerprint density at radius 2 is 2.00 bits per heavy atom. The molecule has 0 fully saturated rings. The van der Waals surface area contributed by atoms with Crippen molar-refractivity contribution in [3.05, 3.63) is 6.20 Å². The second kappa shape index (κ2) is 2.62. The van der Waals surface area contributed by atoms with E-state index in [1.54, 1.807) is 0 Å². The van der Waals surface area contributed by atoms with Gasteiger partial charge in [-0.15, -0.1) is 0 Å². The van der Waals surface area contributed by atoms with Crippen LogP contribution in [0.1, 0.15) is 0 Å². The van der Waals surface area contributed by atoms with Gasteiger partial charge in [0.05, 0.1) is 6.20 Å². The number of sulfone groups is 1. The van der Waals surface area contributed by atoms with Gasteiger partial charge in [0.2, 0.25) is 0 Å². The highest BCUT2D eigenvalue weighted by atomic mass is 32.2. The monoisotopic (exact) mass is 215 g/mol. The van der Waals surface area contributed by atoms with Gasteiger partial charge in [-0.05, 0) is 0 Å². The lowest BCUT2D eigenvalue weighted by Gasteiger charge is -2.05. The number of aromatic amines is 1. The second-order valence-corrected chi connectivity index (χ2v) is 4.01. The van der Waals surface area contributed by atoms with Crippen LogP contribution in [0.3, 0.4) is 0 Å². The van der Waals surface area contributed by atoms with Crippen LogP contribution in [0.25, 0.3) is 0 Å². The molecule has 0 aliphatic heterocycles. The number of rotatable bonds is 1. The van der Waals surface area contributed by atoms with E-state index in [2.05, 4.69) is 5.10 Å². The zero-order valence-corrected chi connectivity index (χ0v) is 6.78. The average Bonchev–Trinajstić information content (AvgIpc) is 2.32. The van der Waals surface area contributed by atoms with E-state index >= 15 is 0 Å². The number of alkyl halides is 3. The molecular weight excluding hydrogens is 211 g/mol. The number of hydrogen-bond donors (Lipinski definition) is 2. The summed E-state index contributed by atoms with van der Waals surface area (Å²) in [5, 5.41) is 4.97. The van der Waals surface area contributed by atoms with Crippen molar-refractivity contribution in [2.24, 2.45) is 0 Å². The third-order valence-corrected chi connectivity index (χ3v) is 2.74. The predicted molar refractivity (Wildman–Crippen MR) is 36.2 cm³/mol. The highest BCUT2D eigenvalue weighted by Gasteiger charge is 2.48. The number of nitrogen functional groups attached to an aromatic ring is 1. The molecule has 1 rings (SSSR count). The maximum atomic E-state index is 11.9. The summed E-state index contributed by atoms with van der Waals surface area (Å²) in [6.07, 6.45) is 0.512. The van der Waals surface area contributed by atoms with Crippen LogP contribution in [0.5, 0.6) is 0 Å². The molecule has 0 spiro atoms. The third-order valence-electron chi connectivity index (χ3n) is 1.23. The van der Waals surface area contributed by atoms with Crippen LogP contribution in [0.4, 0.5) is 19.0 Å². The van der Waals surface area contributed by atoms with Crippen LogP contribution >= 0.6 is 0 Å². The number of hydrogen-bond acceptors (Lipinski definition) is 4. The molecule has 1 heterocycles. The molecule has 9 heteroatoms. The minimum Gasteiger partial charge on any atom is -0.383 e. The Bertz CT molecular complexity index is 407. The van der Waals surface area contributed by atoms with Gasteiger partial charge < -0.3 is 5.73 Å². The summed E-state index contributed by atoms with van der Waals surface area (Å²) < 4.78 is 57.0. The summed E-state index contributed by atoms with van der Waals surface area (Å²) in [7, 11) is -5.38. The normalized spacial score (nSPS) is 13.2. The van der Waals surface area contributed by atoms with Gasteiger partial charge in [0, 0.05) is 0 Å². The summed E-state index contributed by atoms with van der Waals surface area (Å²) in [6, 6.07) is 0. The van der Waals surface area contributed by atoms with Crippen molar-refractivity contribution in [1.29, 1.82) is 0 Å². The molecule has 13 heavy (non-hydrogen) atoms. The van der Waals surface area contributed by atoms with E-state index in [9.17, 15) is 21.6 Å². The van der Waals surface area contributed by atoms with Crippen LogP contribution in [0, 0.1) is 0 Å².